The van der Waals surface area contributed by atoms with Gasteiger partial charge in [0.25, 0.3) is 0 Å². The fourth-order valence-electron chi connectivity index (χ4n) is 1.21. The largest absolute Gasteiger partial charge is 0.0822 e. The zero-order valence-electron chi connectivity index (χ0n) is 8.46. The lowest BCUT2D eigenvalue weighted by molar-refractivity contribution is 0.958. The second-order valence-corrected chi connectivity index (χ2v) is 3.50. The van der Waals surface area contributed by atoms with Crippen LogP contribution in [-0.4, -0.2) is 0 Å². The molecule has 0 amide bonds. The van der Waals surface area contributed by atoms with E-state index in [1.165, 1.54) is 11.1 Å². The van der Waals surface area contributed by atoms with E-state index in [-0.39, 0.29) is 0 Å². The molecule has 0 bridgehead atoms. The fraction of sp³-hybridized carbons (Fsp3) is 0.308. The lowest BCUT2D eigenvalue weighted by Crippen LogP contribution is -1.83. The van der Waals surface area contributed by atoms with E-state index in [2.05, 4.69) is 56.7 Å². The van der Waals surface area contributed by atoms with E-state index in [9.17, 15) is 0 Å². The van der Waals surface area contributed by atoms with Crippen molar-refractivity contribution in [3.05, 3.63) is 54.0 Å². The minimum absolute atomic E-state index is 1.13. The Bertz CT molecular complexity index is 253. The van der Waals surface area contributed by atoms with Crippen molar-refractivity contribution < 1.29 is 0 Å². The summed E-state index contributed by atoms with van der Waals surface area (Å²) in [6.07, 6.45) is 6.70. The fourth-order valence-corrected chi connectivity index (χ4v) is 1.21. The Morgan fingerprint density at radius 3 is 2.46 bits per heavy atom. The molecule has 0 aromatic heterocycles. The average molecular weight is 173 g/mol. The van der Waals surface area contributed by atoms with Gasteiger partial charge in [-0.3, -0.25) is 0 Å². The Kier molecular flexibility index (Phi) is 4.31. The Morgan fingerprint density at radius 1 is 1.15 bits per heavy atom. The molecule has 0 nitrogen and oxygen atoms in total. The maximum absolute atomic E-state index is 2.24. The summed E-state index contributed by atoms with van der Waals surface area (Å²) in [4.78, 5) is 0. The second-order valence-electron chi connectivity index (χ2n) is 3.50. The van der Waals surface area contributed by atoms with Gasteiger partial charge in [-0.1, -0.05) is 42.0 Å². The van der Waals surface area contributed by atoms with E-state index in [1.54, 1.807) is 0 Å². The first-order chi connectivity index (χ1) is 6.29. The van der Waals surface area contributed by atoms with Gasteiger partial charge in [0.15, 0.2) is 0 Å². The summed E-state index contributed by atoms with van der Waals surface area (Å²) in [5, 5.41) is 0. The van der Waals surface area contributed by atoms with Crippen LogP contribution in [0.15, 0.2) is 42.0 Å². The summed E-state index contributed by atoms with van der Waals surface area (Å²) in [6, 6.07) is 10.6. The lowest BCUT2D eigenvalue weighted by Gasteiger charge is -1.98. The number of allylic oxidation sites excluding steroid dienone is 2. The van der Waals surface area contributed by atoms with Crippen molar-refractivity contribution in [2.75, 3.05) is 0 Å². The summed E-state index contributed by atoms with van der Waals surface area (Å²) in [6.45, 7) is 4.25. The molecule has 0 heterocycles. The summed E-state index contributed by atoms with van der Waals surface area (Å²) < 4.78 is 0. The molecule has 1 aromatic rings. The third kappa shape index (κ3) is 4.51. The highest BCUT2D eigenvalue weighted by molar-refractivity contribution is 5.15. The summed E-state index contributed by atoms with van der Waals surface area (Å²) in [7, 11) is 0. The SMILES string of the molecule is CC(C)=C[CH]CCc1ccccc1. The molecular formula is C13H17. The van der Waals surface area contributed by atoms with Crippen LogP contribution >= 0.6 is 0 Å². The van der Waals surface area contributed by atoms with Crippen LogP contribution in [-0.2, 0) is 6.42 Å². The van der Waals surface area contributed by atoms with Crippen LogP contribution in [0.25, 0.3) is 0 Å². The van der Waals surface area contributed by atoms with Crippen LogP contribution in [0.4, 0.5) is 0 Å². The predicted octanol–water partition coefficient (Wildman–Crippen LogP) is 3.79. The molecule has 1 aromatic carbocycles. The van der Waals surface area contributed by atoms with Crippen molar-refractivity contribution in [2.24, 2.45) is 0 Å². The van der Waals surface area contributed by atoms with Gasteiger partial charge in [0.2, 0.25) is 0 Å². The van der Waals surface area contributed by atoms with E-state index in [0.717, 1.165) is 12.8 Å². The molecule has 0 N–H and O–H groups in total. The van der Waals surface area contributed by atoms with Crippen LogP contribution < -0.4 is 0 Å². The van der Waals surface area contributed by atoms with Gasteiger partial charge in [0.05, 0.1) is 0 Å². The molecule has 0 atom stereocenters. The van der Waals surface area contributed by atoms with Gasteiger partial charge in [0.1, 0.15) is 0 Å². The normalized spacial score (nSPS) is 9.69. The van der Waals surface area contributed by atoms with Crippen LogP contribution in [0.2, 0.25) is 0 Å². The molecule has 0 fully saturated rings. The Hall–Kier alpha value is -1.04. The van der Waals surface area contributed by atoms with Gasteiger partial charge in [-0.15, -0.1) is 0 Å². The van der Waals surface area contributed by atoms with Gasteiger partial charge >= 0.3 is 0 Å². The van der Waals surface area contributed by atoms with Crippen molar-refractivity contribution in [1.82, 2.24) is 0 Å². The molecule has 0 spiro atoms. The molecule has 0 saturated heterocycles. The number of rotatable bonds is 4. The van der Waals surface area contributed by atoms with Gasteiger partial charge in [-0.25, -0.2) is 0 Å². The topological polar surface area (TPSA) is 0 Å². The van der Waals surface area contributed by atoms with Crippen LogP contribution in [0.5, 0.6) is 0 Å². The molecule has 13 heavy (non-hydrogen) atoms. The zero-order valence-corrected chi connectivity index (χ0v) is 8.46. The highest BCUT2D eigenvalue weighted by Crippen LogP contribution is 2.05. The standard InChI is InChI=1S/C13H17/c1-12(2)8-6-7-11-13-9-4-3-5-10-13/h3-6,8-10H,7,11H2,1-2H3. The third-order valence-corrected chi connectivity index (χ3v) is 1.89. The minimum atomic E-state index is 1.13. The van der Waals surface area contributed by atoms with Crippen LogP contribution in [0, 0.1) is 6.42 Å². The van der Waals surface area contributed by atoms with Gasteiger partial charge in [0, 0.05) is 0 Å². The van der Waals surface area contributed by atoms with E-state index in [1.807, 2.05) is 0 Å². The smallest absolute Gasteiger partial charge is 0.0165 e. The zero-order chi connectivity index (χ0) is 9.52. The van der Waals surface area contributed by atoms with Crippen LogP contribution in [0.1, 0.15) is 25.8 Å². The van der Waals surface area contributed by atoms with Gasteiger partial charge in [-0.2, -0.15) is 0 Å². The Morgan fingerprint density at radius 2 is 1.85 bits per heavy atom. The van der Waals surface area contributed by atoms with Crippen molar-refractivity contribution >= 4 is 0 Å². The summed E-state index contributed by atoms with van der Waals surface area (Å²) >= 11 is 0. The maximum Gasteiger partial charge on any atom is -0.0165 e. The maximum atomic E-state index is 2.24. The number of aryl methyl sites for hydroxylation is 1. The molecule has 0 aliphatic heterocycles. The highest BCUT2D eigenvalue weighted by Gasteiger charge is 1.89. The molecular weight excluding hydrogens is 156 g/mol. The van der Waals surface area contributed by atoms with Gasteiger partial charge < -0.3 is 0 Å². The molecule has 0 unspecified atom stereocenters. The molecule has 1 radical (unpaired) electrons. The van der Waals surface area contributed by atoms with E-state index in [0.29, 0.717) is 0 Å². The lowest BCUT2D eigenvalue weighted by atomic mass is 10.1. The third-order valence-electron chi connectivity index (χ3n) is 1.89. The quantitative estimate of drug-likeness (QED) is 0.608. The predicted molar refractivity (Wildman–Crippen MR) is 58.5 cm³/mol. The van der Waals surface area contributed by atoms with Gasteiger partial charge in [-0.05, 0) is 38.7 Å². The molecule has 0 aliphatic carbocycles. The number of hydrogen-bond acceptors (Lipinski definition) is 0. The van der Waals surface area contributed by atoms with Crippen LogP contribution in [0.3, 0.4) is 0 Å². The number of benzene rings is 1. The Balaban J connectivity index is 2.25. The molecule has 69 valence electrons. The monoisotopic (exact) mass is 173 g/mol. The van der Waals surface area contributed by atoms with E-state index < -0.39 is 0 Å². The first kappa shape index (κ1) is 10.0. The first-order valence-corrected chi connectivity index (χ1v) is 4.79. The highest BCUT2D eigenvalue weighted by atomic mass is 14.0. The van der Waals surface area contributed by atoms with Crippen molar-refractivity contribution in [3.8, 4) is 0 Å². The summed E-state index contributed by atoms with van der Waals surface area (Å²) in [5.74, 6) is 0. The van der Waals surface area contributed by atoms with Crippen molar-refractivity contribution in [3.63, 3.8) is 0 Å². The number of unbranched alkanes of at least 4 members (excludes halogenated alkanes) is 1. The minimum Gasteiger partial charge on any atom is -0.0822 e. The van der Waals surface area contributed by atoms with E-state index >= 15 is 0 Å². The number of hydrogen-bond donors (Lipinski definition) is 0. The molecule has 1 rings (SSSR count). The molecule has 0 saturated carbocycles. The second kappa shape index (κ2) is 5.58. The molecule has 0 heteroatoms. The molecule has 0 aliphatic rings. The Labute approximate surface area is 81.3 Å². The van der Waals surface area contributed by atoms with Crippen molar-refractivity contribution in [1.29, 1.82) is 0 Å². The summed E-state index contributed by atoms with van der Waals surface area (Å²) in [5.41, 5.74) is 2.79. The van der Waals surface area contributed by atoms with E-state index in [4.69, 9.17) is 0 Å². The average Bonchev–Trinajstić information content (AvgIpc) is 2.14. The first-order valence-electron chi connectivity index (χ1n) is 4.79. The van der Waals surface area contributed by atoms with Crippen molar-refractivity contribution in [2.45, 2.75) is 26.7 Å².